The van der Waals surface area contributed by atoms with Crippen LogP contribution in [0.15, 0.2) is 18.2 Å². The molecule has 0 amide bonds. The van der Waals surface area contributed by atoms with Crippen LogP contribution in [0, 0.1) is 16.0 Å². The van der Waals surface area contributed by atoms with Crippen LogP contribution in [-0.4, -0.2) is 36.1 Å². The van der Waals surface area contributed by atoms with E-state index in [1.807, 2.05) is 0 Å². The van der Waals surface area contributed by atoms with Gasteiger partial charge in [-0.3, -0.25) is 10.1 Å². The molecule has 160 valence electrons. The molecular formula is C19H28ClF3N2O3. The average molecular weight is 425 g/mol. The Bertz CT molecular complexity index is 621. The Morgan fingerprint density at radius 3 is 2.50 bits per heavy atom. The highest BCUT2D eigenvalue weighted by atomic mass is 35.5. The number of ether oxygens (including phenoxy) is 1. The highest BCUT2D eigenvalue weighted by Gasteiger charge is 2.38. The molecule has 1 aromatic rings. The molecule has 9 heteroatoms. The third kappa shape index (κ3) is 7.47. The summed E-state index contributed by atoms with van der Waals surface area (Å²) in [5.74, 6) is 0.525. The first-order valence-corrected chi connectivity index (χ1v) is 9.52. The lowest BCUT2D eigenvalue weighted by Gasteiger charge is -2.31. The van der Waals surface area contributed by atoms with Gasteiger partial charge in [0.1, 0.15) is 11.3 Å². The van der Waals surface area contributed by atoms with Gasteiger partial charge in [0.05, 0.1) is 11.5 Å². The molecule has 1 aliphatic rings. The van der Waals surface area contributed by atoms with Crippen LogP contribution >= 0.6 is 12.4 Å². The molecule has 0 atom stereocenters. The maximum Gasteiger partial charge on any atom is 0.423 e. The molecule has 0 spiro atoms. The van der Waals surface area contributed by atoms with Gasteiger partial charge in [-0.1, -0.05) is 19.8 Å². The fourth-order valence-electron chi connectivity index (χ4n) is 3.42. The van der Waals surface area contributed by atoms with E-state index in [9.17, 15) is 23.3 Å². The normalized spacial score (nSPS) is 15.9. The van der Waals surface area contributed by atoms with E-state index < -0.39 is 22.4 Å². The van der Waals surface area contributed by atoms with Crippen molar-refractivity contribution in [3.8, 4) is 5.75 Å². The Morgan fingerprint density at radius 2 is 1.93 bits per heavy atom. The van der Waals surface area contributed by atoms with E-state index in [0.29, 0.717) is 18.6 Å². The highest BCUT2D eigenvalue weighted by molar-refractivity contribution is 5.85. The van der Waals surface area contributed by atoms with Gasteiger partial charge in [-0.25, -0.2) is 0 Å². The number of halogens is 4. The largest absolute Gasteiger partial charge is 0.494 e. The van der Waals surface area contributed by atoms with Gasteiger partial charge in [0.15, 0.2) is 0 Å². The van der Waals surface area contributed by atoms with E-state index >= 15 is 0 Å². The van der Waals surface area contributed by atoms with Crippen LogP contribution < -0.4 is 4.74 Å². The molecule has 0 aliphatic carbocycles. The number of hydrogen-bond donors (Lipinski definition) is 0. The number of alkyl halides is 3. The lowest BCUT2D eigenvalue weighted by atomic mass is 9.94. The predicted octanol–water partition coefficient (Wildman–Crippen LogP) is 5.71. The van der Waals surface area contributed by atoms with Gasteiger partial charge in [-0.15, -0.1) is 12.4 Å². The van der Waals surface area contributed by atoms with E-state index in [2.05, 4.69) is 11.8 Å². The number of unbranched alkanes of at least 4 members (excludes halogenated alkanes) is 2. The average Bonchev–Trinajstić information content (AvgIpc) is 2.62. The van der Waals surface area contributed by atoms with Crippen molar-refractivity contribution < 1.29 is 22.8 Å². The Kier molecular flexibility index (Phi) is 10.0. The van der Waals surface area contributed by atoms with Crippen molar-refractivity contribution in [2.45, 2.75) is 51.6 Å². The van der Waals surface area contributed by atoms with Gasteiger partial charge >= 0.3 is 6.18 Å². The molecule has 1 saturated heterocycles. The molecule has 0 radical (unpaired) electrons. The van der Waals surface area contributed by atoms with Crippen LogP contribution in [0.5, 0.6) is 5.75 Å². The Morgan fingerprint density at radius 1 is 1.25 bits per heavy atom. The molecule has 0 saturated carbocycles. The van der Waals surface area contributed by atoms with E-state index in [0.717, 1.165) is 45.0 Å². The second kappa shape index (κ2) is 11.5. The number of piperidine rings is 1. The summed E-state index contributed by atoms with van der Waals surface area (Å²) >= 11 is 0. The van der Waals surface area contributed by atoms with Gasteiger partial charge in [0.25, 0.3) is 5.69 Å². The van der Waals surface area contributed by atoms with Crippen LogP contribution in [0.2, 0.25) is 0 Å². The first-order chi connectivity index (χ1) is 12.8. The van der Waals surface area contributed by atoms with Crippen LogP contribution in [0.3, 0.4) is 0 Å². The number of nitrogens with zero attached hydrogens (tertiary/aromatic N) is 2. The Labute approximate surface area is 169 Å². The smallest absolute Gasteiger partial charge is 0.423 e. The zero-order chi connectivity index (χ0) is 19.9. The molecule has 0 N–H and O–H groups in total. The zero-order valence-electron chi connectivity index (χ0n) is 16.0. The number of hydrogen-bond acceptors (Lipinski definition) is 4. The summed E-state index contributed by atoms with van der Waals surface area (Å²) in [5, 5.41) is 10.8. The SMILES string of the molecule is CCCCCN1CCC(CCOc2ccc([N+](=O)[O-])c(C(F)(F)F)c2)CC1.Cl. The van der Waals surface area contributed by atoms with Gasteiger partial charge in [-0.2, -0.15) is 13.2 Å². The lowest BCUT2D eigenvalue weighted by molar-refractivity contribution is -0.388. The molecule has 2 rings (SSSR count). The molecule has 28 heavy (non-hydrogen) atoms. The molecule has 0 bridgehead atoms. The monoisotopic (exact) mass is 424 g/mol. The molecule has 1 aliphatic heterocycles. The summed E-state index contributed by atoms with van der Waals surface area (Å²) in [6.07, 6.45) is 1.84. The molecule has 0 aromatic heterocycles. The van der Waals surface area contributed by atoms with Crippen molar-refractivity contribution in [2.24, 2.45) is 5.92 Å². The van der Waals surface area contributed by atoms with Crippen LogP contribution in [-0.2, 0) is 6.18 Å². The first-order valence-electron chi connectivity index (χ1n) is 9.52. The maximum absolute atomic E-state index is 13.0. The van der Waals surface area contributed by atoms with Crippen molar-refractivity contribution in [1.29, 1.82) is 0 Å². The number of nitro benzene ring substituents is 1. The minimum absolute atomic E-state index is 0. The summed E-state index contributed by atoms with van der Waals surface area (Å²) in [6.45, 7) is 5.76. The topological polar surface area (TPSA) is 55.6 Å². The summed E-state index contributed by atoms with van der Waals surface area (Å²) in [4.78, 5) is 12.2. The van der Waals surface area contributed by atoms with Crippen molar-refractivity contribution in [2.75, 3.05) is 26.2 Å². The quantitative estimate of drug-likeness (QED) is 0.289. The summed E-state index contributed by atoms with van der Waals surface area (Å²) < 4.78 is 44.4. The van der Waals surface area contributed by atoms with Crippen LogP contribution in [0.25, 0.3) is 0 Å². The summed E-state index contributed by atoms with van der Waals surface area (Å²) in [7, 11) is 0. The summed E-state index contributed by atoms with van der Waals surface area (Å²) in [5.41, 5.74) is -2.23. The minimum atomic E-state index is -4.79. The number of benzene rings is 1. The van der Waals surface area contributed by atoms with Gasteiger partial charge in [0, 0.05) is 6.07 Å². The molecule has 0 unspecified atom stereocenters. The third-order valence-corrected chi connectivity index (χ3v) is 5.05. The van der Waals surface area contributed by atoms with Crippen molar-refractivity contribution in [3.05, 3.63) is 33.9 Å². The van der Waals surface area contributed by atoms with Crippen LogP contribution in [0.4, 0.5) is 18.9 Å². The molecular weight excluding hydrogens is 397 g/mol. The fourth-order valence-corrected chi connectivity index (χ4v) is 3.42. The fraction of sp³-hybridized carbons (Fsp3) is 0.684. The van der Waals surface area contributed by atoms with Crippen molar-refractivity contribution >= 4 is 18.1 Å². The Hall–Kier alpha value is -1.54. The second-order valence-electron chi connectivity index (χ2n) is 7.06. The van der Waals surface area contributed by atoms with Crippen LogP contribution in [0.1, 0.15) is 51.0 Å². The predicted molar refractivity (Wildman–Crippen MR) is 104 cm³/mol. The Balaban J connectivity index is 0.00000392. The standard InChI is InChI=1S/C19H27F3N2O3.ClH/c1-2-3-4-10-23-11-7-15(8-12-23)9-13-27-16-5-6-18(24(25)26)17(14-16)19(20,21)22;/h5-6,14-15H,2-4,7-13H2,1H3;1H. The van der Waals surface area contributed by atoms with Gasteiger partial charge < -0.3 is 9.64 Å². The number of nitro groups is 1. The van der Waals surface area contributed by atoms with Gasteiger partial charge in [0.2, 0.25) is 0 Å². The van der Waals surface area contributed by atoms with Crippen molar-refractivity contribution in [3.63, 3.8) is 0 Å². The lowest BCUT2D eigenvalue weighted by Crippen LogP contribution is -2.34. The van der Waals surface area contributed by atoms with Gasteiger partial charge in [-0.05, 0) is 63.4 Å². The highest BCUT2D eigenvalue weighted by Crippen LogP contribution is 2.38. The first kappa shape index (κ1) is 24.5. The number of likely N-dealkylation sites (tertiary alicyclic amines) is 1. The van der Waals surface area contributed by atoms with Crippen molar-refractivity contribution in [1.82, 2.24) is 4.90 Å². The van der Waals surface area contributed by atoms with E-state index in [4.69, 9.17) is 4.74 Å². The number of rotatable bonds is 9. The van der Waals surface area contributed by atoms with E-state index in [1.54, 1.807) is 0 Å². The summed E-state index contributed by atoms with van der Waals surface area (Å²) in [6, 6.07) is 2.80. The molecule has 1 aromatic carbocycles. The van der Waals surface area contributed by atoms with E-state index in [-0.39, 0.29) is 18.2 Å². The minimum Gasteiger partial charge on any atom is -0.494 e. The maximum atomic E-state index is 13.0. The molecule has 5 nitrogen and oxygen atoms in total. The zero-order valence-corrected chi connectivity index (χ0v) is 16.9. The second-order valence-corrected chi connectivity index (χ2v) is 7.06. The third-order valence-electron chi connectivity index (χ3n) is 5.05. The van der Waals surface area contributed by atoms with E-state index in [1.165, 1.54) is 25.3 Å². The molecule has 1 fully saturated rings. The molecule has 1 heterocycles.